The van der Waals surface area contributed by atoms with Crippen LogP contribution in [0.3, 0.4) is 0 Å². The molecule has 2 heterocycles. The minimum Gasteiger partial charge on any atom is -0.497 e. The fraction of sp³-hybridized carbons (Fsp3) is 0.167. The third kappa shape index (κ3) is 3.36. The number of aromatic nitrogens is 4. The summed E-state index contributed by atoms with van der Waals surface area (Å²) >= 11 is 1.54. The highest BCUT2D eigenvalue weighted by Gasteiger charge is 2.11. The Morgan fingerprint density at radius 1 is 1.16 bits per heavy atom. The summed E-state index contributed by atoms with van der Waals surface area (Å²) in [5.74, 6) is 2.44. The molecule has 4 aromatic rings. The first kappa shape index (κ1) is 15.7. The van der Waals surface area contributed by atoms with E-state index in [4.69, 9.17) is 9.26 Å². The molecule has 0 aliphatic carbocycles. The molecule has 7 heteroatoms. The second kappa shape index (κ2) is 6.60. The van der Waals surface area contributed by atoms with E-state index >= 15 is 0 Å². The van der Waals surface area contributed by atoms with E-state index in [1.54, 1.807) is 18.9 Å². The summed E-state index contributed by atoms with van der Waals surface area (Å²) in [4.78, 5) is 12.3. The van der Waals surface area contributed by atoms with Gasteiger partial charge in [0.25, 0.3) is 5.89 Å². The van der Waals surface area contributed by atoms with Gasteiger partial charge in [0.2, 0.25) is 0 Å². The Kier molecular flexibility index (Phi) is 4.15. The Hall–Kier alpha value is -2.80. The lowest BCUT2D eigenvalue weighted by Crippen LogP contribution is -1.86. The third-order valence-electron chi connectivity index (χ3n) is 3.74. The predicted molar refractivity (Wildman–Crippen MR) is 96.7 cm³/mol. The molecule has 0 aliphatic heterocycles. The van der Waals surface area contributed by atoms with Crippen molar-refractivity contribution in [1.82, 2.24) is 20.1 Å². The minimum atomic E-state index is 0.481. The topological polar surface area (TPSA) is 76.8 Å². The first-order valence-electron chi connectivity index (χ1n) is 7.77. The Balaban J connectivity index is 1.48. The number of aromatic amines is 1. The van der Waals surface area contributed by atoms with E-state index in [0.29, 0.717) is 17.5 Å². The van der Waals surface area contributed by atoms with Crippen LogP contribution in [0.1, 0.15) is 11.4 Å². The van der Waals surface area contributed by atoms with Gasteiger partial charge in [-0.15, -0.1) is 0 Å². The molecular formula is C18H16N4O2S. The Bertz CT molecular complexity index is 1020. The number of thioether (sulfide) groups is 1. The van der Waals surface area contributed by atoms with Crippen molar-refractivity contribution in [1.29, 1.82) is 0 Å². The molecule has 6 nitrogen and oxygen atoms in total. The minimum absolute atomic E-state index is 0.481. The number of methoxy groups -OCH3 is 1. The number of rotatable bonds is 5. The number of hydrogen-bond donors (Lipinski definition) is 1. The van der Waals surface area contributed by atoms with E-state index in [1.165, 1.54) is 5.56 Å². The average molecular weight is 352 g/mol. The highest BCUT2D eigenvalue weighted by Crippen LogP contribution is 2.25. The SMILES string of the molecule is COc1cccc(-c2nc(CSc3nc4cc(C)ccc4[nH]3)no2)c1. The lowest BCUT2D eigenvalue weighted by atomic mass is 10.2. The molecule has 0 fully saturated rings. The second-order valence-corrected chi connectivity index (χ2v) is 6.56. The zero-order valence-electron chi connectivity index (χ0n) is 13.8. The van der Waals surface area contributed by atoms with Crippen LogP contribution < -0.4 is 4.74 Å². The zero-order valence-corrected chi connectivity index (χ0v) is 14.6. The summed E-state index contributed by atoms with van der Waals surface area (Å²) in [5, 5.41) is 4.88. The molecule has 0 amide bonds. The van der Waals surface area contributed by atoms with Crippen molar-refractivity contribution in [3.05, 3.63) is 53.9 Å². The van der Waals surface area contributed by atoms with Crippen molar-refractivity contribution in [2.24, 2.45) is 0 Å². The van der Waals surface area contributed by atoms with Crippen LogP contribution >= 0.6 is 11.8 Å². The van der Waals surface area contributed by atoms with Gasteiger partial charge in [0.15, 0.2) is 11.0 Å². The van der Waals surface area contributed by atoms with Crippen molar-refractivity contribution >= 4 is 22.8 Å². The summed E-state index contributed by atoms with van der Waals surface area (Å²) in [6.45, 7) is 2.06. The number of imidazole rings is 1. The number of nitrogens with zero attached hydrogens (tertiary/aromatic N) is 3. The van der Waals surface area contributed by atoms with Crippen molar-refractivity contribution in [3.63, 3.8) is 0 Å². The van der Waals surface area contributed by atoms with Crippen molar-refractivity contribution in [3.8, 4) is 17.2 Å². The molecule has 0 spiro atoms. The van der Waals surface area contributed by atoms with Crippen molar-refractivity contribution in [2.75, 3.05) is 7.11 Å². The van der Waals surface area contributed by atoms with Crippen LogP contribution in [0.5, 0.6) is 5.75 Å². The van der Waals surface area contributed by atoms with Crippen LogP contribution in [-0.2, 0) is 5.75 Å². The first-order chi connectivity index (χ1) is 12.2. The van der Waals surface area contributed by atoms with Gasteiger partial charge in [-0.1, -0.05) is 29.1 Å². The summed E-state index contributed by atoms with van der Waals surface area (Å²) in [6, 6.07) is 13.7. The molecule has 0 radical (unpaired) electrons. The summed E-state index contributed by atoms with van der Waals surface area (Å²) in [6.07, 6.45) is 0. The van der Waals surface area contributed by atoms with Crippen LogP contribution in [0, 0.1) is 6.92 Å². The quantitative estimate of drug-likeness (QED) is 0.542. The fourth-order valence-corrected chi connectivity index (χ4v) is 3.21. The molecule has 0 bridgehead atoms. The molecular weight excluding hydrogens is 336 g/mol. The number of benzene rings is 2. The van der Waals surface area contributed by atoms with E-state index in [2.05, 4.69) is 39.2 Å². The molecule has 1 N–H and O–H groups in total. The van der Waals surface area contributed by atoms with E-state index in [0.717, 1.165) is 27.5 Å². The molecule has 126 valence electrons. The maximum Gasteiger partial charge on any atom is 0.258 e. The second-order valence-electron chi connectivity index (χ2n) is 5.60. The standard InChI is InChI=1S/C18H16N4O2S/c1-11-6-7-14-15(8-11)20-18(19-14)25-10-16-21-17(24-22-16)12-4-3-5-13(9-12)23-2/h3-9H,10H2,1-2H3,(H,19,20). The molecule has 4 rings (SSSR count). The summed E-state index contributed by atoms with van der Waals surface area (Å²) < 4.78 is 10.6. The number of fused-ring (bicyclic) bond motifs is 1. The monoisotopic (exact) mass is 352 g/mol. The van der Waals surface area contributed by atoms with Crippen LogP contribution in [0.15, 0.2) is 52.1 Å². The molecule has 2 aromatic heterocycles. The molecule has 0 unspecified atom stereocenters. The van der Waals surface area contributed by atoms with Crippen LogP contribution in [0.2, 0.25) is 0 Å². The lowest BCUT2D eigenvalue weighted by Gasteiger charge is -1.99. The smallest absolute Gasteiger partial charge is 0.258 e. The summed E-state index contributed by atoms with van der Waals surface area (Å²) in [5.41, 5.74) is 4.02. The lowest BCUT2D eigenvalue weighted by molar-refractivity contribution is 0.412. The Morgan fingerprint density at radius 2 is 2.08 bits per heavy atom. The zero-order chi connectivity index (χ0) is 17.2. The Labute approximate surface area is 148 Å². The highest BCUT2D eigenvalue weighted by atomic mass is 32.2. The van der Waals surface area contributed by atoms with Gasteiger partial charge in [0.05, 0.1) is 23.9 Å². The van der Waals surface area contributed by atoms with Gasteiger partial charge in [0, 0.05) is 5.56 Å². The highest BCUT2D eigenvalue weighted by molar-refractivity contribution is 7.98. The summed E-state index contributed by atoms with van der Waals surface area (Å²) in [7, 11) is 1.63. The Morgan fingerprint density at radius 3 is 2.96 bits per heavy atom. The van der Waals surface area contributed by atoms with Gasteiger partial charge < -0.3 is 14.2 Å². The average Bonchev–Trinajstić information content (AvgIpc) is 3.26. The molecule has 0 aliphatic rings. The maximum atomic E-state index is 5.35. The number of aryl methyl sites for hydroxylation is 1. The van der Waals surface area contributed by atoms with Crippen LogP contribution in [-0.4, -0.2) is 27.2 Å². The molecule has 0 saturated carbocycles. The largest absolute Gasteiger partial charge is 0.497 e. The predicted octanol–water partition coefficient (Wildman–Crippen LogP) is 4.22. The van der Waals surface area contributed by atoms with Gasteiger partial charge in [0.1, 0.15) is 5.75 Å². The number of H-pyrrole nitrogens is 1. The molecule has 0 atom stereocenters. The van der Waals surface area contributed by atoms with Gasteiger partial charge >= 0.3 is 0 Å². The number of ether oxygens (including phenoxy) is 1. The first-order valence-corrected chi connectivity index (χ1v) is 8.76. The van der Waals surface area contributed by atoms with Crippen molar-refractivity contribution in [2.45, 2.75) is 17.8 Å². The molecule has 25 heavy (non-hydrogen) atoms. The van der Waals surface area contributed by atoms with E-state index < -0.39 is 0 Å². The third-order valence-corrected chi connectivity index (χ3v) is 4.61. The van der Waals surface area contributed by atoms with Crippen LogP contribution in [0.4, 0.5) is 0 Å². The number of nitrogens with one attached hydrogen (secondary N) is 1. The maximum absolute atomic E-state index is 5.35. The van der Waals surface area contributed by atoms with Gasteiger partial charge in [-0.25, -0.2) is 4.98 Å². The van der Waals surface area contributed by atoms with Gasteiger partial charge in [-0.05, 0) is 42.8 Å². The molecule has 0 saturated heterocycles. The fourth-order valence-electron chi connectivity index (χ4n) is 2.48. The number of hydrogen-bond acceptors (Lipinski definition) is 6. The van der Waals surface area contributed by atoms with Crippen molar-refractivity contribution < 1.29 is 9.26 Å². The van der Waals surface area contributed by atoms with E-state index in [-0.39, 0.29) is 0 Å². The van der Waals surface area contributed by atoms with E-state index in [1.807, 2.05) is 30.3 Å². The normalized spacial score (nSPS) is 11.1. The van der Waals surface area contributed by atoms with Crippen LogP contribution in [0.25, 0.3) is 22.5 Å². The van der Waals surface area contributed by atoms with E-state index in [9.17, 15) is 0 Å². The van der Waals surface area contributed by atoms with Gasteiger partial charge in [-0.2, -0.15) is 4.98 Å². The van der Waals surface area contributed by atoms with Gasteiger partial charge in [-0.3, -0.25) is 0 Å². The molecule has 2 aromatic carbocycles.